The van der Waals surface area contributed by atoms with E-state index in [1.54, 1.807) is 38.1 Å². The van der Waals surface area contributed by atoms with Crippen LogP contribution in [0.4, 0.5) is 16.2 Å². The van der Waals surface area contributed by atoms with Crippen molar-refractivity contribution in [2.45, 2.75) is 75.9 Å². The van der Waals surface area contributed by atoms with Crippen molar-refractivity contribution < 1.29 is 37.4 Å². The van der Waals surface area contributed by atoms with E-state index in [0.717, 1.165) is 18.2 Å². The number of hydrogen-bond donors (Lipinski definition) is 4. The lowest BCUT2D eigenvalue weighted by molar-refractivity contribution is -0.149. The lowest BCUT2D eigenvalue weighted by Crippen LogP contribution is -2.42. The van der Waals surface area contributed by atoms with Crippen LogP contribution in [0, 0.1) is 12.3 Å². The molecule has 3 heterocycles. The normalized spacial score (nSPS) is 24.6. The molecule has 0 amide bonds. The van der Waals surface area contributed by atoms with Crippen molar-refractivity contribution in [3.05, 3.63) is 48.8 Å². The first-order chi connectivity index (χ1) is 22.4. The molecule has 1 saturated heterocycles. The number of alkyl halides is 1. The monoisotopic (exact) mass is 667 g/mol. The summed E-state index contributed by atoms with van der Waals surface area (Å²) in [5, 5.41) is 18.4. The number of terminal acetylenes is 1. The van der Waals surface area contributed by atoms with E-state index in [9.17, 15) is 14.5 Å². The van der Waals surface area contributed by atoms with Crippen molar-refractivity contribution in [3.63, 3.8) is 0 Å². The van der Waals surface area contributed by atoms with Crippen molar-refractivity contribution in [1.29, 1.82) is 0 Å². The predicted octanol–water partition coefficient (Wildman–Crippen LogP) is 3.87. The molecule has 248 valence electrons. The average Bonchev–Trinajstić information content (AvgIpc) is 3.70. The summed E-state index contributed by atoms with van der Waals surface area (Å²) >= 11 is 0. The second-order valence-corrected chi connectivity index (χ2v) is 13.4. The highest BCUT2D eigenvalue weighted by atomic mass is 31.2. The van der Waals surface area contributed by atoms with Gasteiger partial charge in [0.05, 0.1) is 19.0 Å². The van der Waals surface area contributed by atoms with Gasteiger partial charge in [0, 0.05) is 11.4 Å². The number of imidazole rings is 1. The van der Waals surface area contributed by atoms with Gasteiger partial charge in [-0.2, -0.15) is 15.1 Å². The maximum absolute atomic E-state index is 16.5. The minimum atomic E-state index is -4.45. The number of nitrogens with two attached hydrogens (primary N) is 1. The zero-order valence-corrected chi connectivity index (χ0v) is 26.8. The number of ether oxygens (including phenoxy) is 2. The minimum absolute atomic E-state index is 0.0892. The highest BCUT2D eigenvalue weighted by molar-refractivity contribution is 7.52. The predicted molar refractivity (Wildman–Crippen MR) is 171 cm³/mol. The molecule has 2 aliphatic rings. The third-order valence-electron chi connectivity index (χ3n) is 7.71. The number of rotatable bonds is 12. The number of anilines is 2. The largest absolute Gasteiger partial charge is 0.462 e. The van der Waals surface area contributed by atoms with E-state index in [2.05, 4.69) is 25.4 Å². The quantitative estimate of drug-likeness (QED) is 0.0971. The van der Waals surface area contributed by atoms with Crippen LogP contribution in [0.15, 0.2) is 48.8 Å². The number of benzene rings is 2. The van der Waals surface area contributed by atoms with Gasteiger partial charge in [0.15, 0.2) is 23.2 Å². The van der Waals surface area contributed by atoms with Crippen LogP contribution in [0.25, 0.3) is 21.9 Å². The Balaban J connectivity index is 1.28. The number of aliphatic hydroxyl groups is 1. The molecule has 0 radical (unpaired) electrons. The van der Waals surface area contributed by atoms with E-state index in [-0.39, 0.29) is 23.4 Å². The fourth-order valence-corrected chi connectivity index (χ4v) is 6.75. The molecular formula is C31H35FN7O7P. The number of fused-ring (bicyclic) bond motifs is 2. The van der Waals surface area contributed by atoms with Gasteiger partial charge in [0.2, 0.25) is 11.6 Å². The van der Waals surface area contributed by atoms with Crippen LogP contribution in [0.3, 0.4) is 0 Å². The van der Waals surface area contributed by atoms with Crippen molar-refractivity contribution in [1.82, 2.24) is 24.6 Å². The summed E-state index contributed by atoms with van der Waals surface area (Å²) in [5.41, 5.74) is 3.59. The van der Waals surface area contributed by atoms with E-state index in [1.807, 2.05) is 24.1 Å². The Morgan fingerprint density at radius 1 is 1.26 bits per heavy atom. The number of nitrogen functional groups attached to an aromatic ring is 1. The number of nitrogens with one attached hydrogen (secondary N) is 2. The van der Waals surface area contributed by atoms with Crippen LogP contribution in [-0.2, 0) is 23.4 Å². The third kappa shape index (κ3) is 6.60. The van der Waals surface area contributed by atoms with E-state index < -0.39 is 56.6 Å². The number of aromatic nitrogens is 4. The molecule has 4 aromatic rings. The number of esters is 1. The summed E-state index contributed by atoms with van der Waals surface area (Å²) in [6, 6.07) is 11.4. The standard InChI is InChI=1S/C31H35FN7O7P/c1-5-31(32)25(40)23(45-29(31)39-16-34-24-26(35-20-13-14-20)36-30(33)37-27(24)39)15-43-47(42,38-18(4)28(41)44-17(2)3)46-22-12-8-10-19-9-6-7-11-21(19)22/h1,6-12,16-18,20,23,25,29,40H,13-15H2,2-4H3,(H,38,42)(H3,33,35,36,37)/t18-,23+,25+,29+,31+,47-/m0/s1. The Morgan fingerprint density at radius 3 is 2.72 bits per heavy atom. The molecule has 14 nitrogen and oxygen atoms in total. The molecule has 6 rings (SSSR count). The second kappa shape index (κ2) is 12.7. The van der Waals surface area contributed by atoms with E-state index in [0.29, 0.717) is 16.7 Å². The van der Waals surface area contributed by atoms with Crippen molar-refractivity contribution in [3.8, 4) is 18.1 Å². The smallest absolute Gasteiger partial charge is 0.459 e. The van der Waals surface area contributed by atoms with Crippen LogP contribution < -0.4 is 20.7 Å². The minimum Gasteiger partial charge on any atom is -0.462 e. The van der Waals surface area contributed by atoms with E-state index >= 15 is 4.39 Å². The lowest BCUT2D eigenvalue weighted by atomic mass is 9.97. The molecule has 0 spiro atoms. The molecule has 5 N–H and O–H groups in total. The fourth-order valence-electron chi connectivity index (χ4n) is 5.23. The van der Waals surface area contributed by atoms with E-state index in [1.165, 1.54) is 17.8 Å². The van der Waals surface area contributed by atoms with Gasteiger partial charge in [-0.1, -0.05) is 42.3 Å². The Hall–Kier alpha value is -4.32. The molecule has 6 atom stereocenters. The van der Waals surface area contributed by atoms with Gasteiger partial charge in [-0.25, -0.2) is 13.9 Å². The SMILES string of the molecule is C#C[C@@]1(F)[C@H](O)[C@@H](CO[P@@](=O)(N[C@@H](C)C(=O)OC(C)C)Oc2cccc3ccccc23)O[C@H]1n1cnc2c(NC3CC3)nc(N)nc21. The van der Waals surface area contributed by atoms with Gasteiger partial charge in [0.1, 0.15) is 24.0 Å². The second-order valence-electron chi connectivity index (χ2n) is 11.8. The van der Waals surface area contributed by atoms with Crippen LogP contribution in [0.5, 0.6) is 5.75 Å². The van der Waals surface area contributed by atoms with Gasteiger partial charge in [0.25, 0.3) is 0 Å². The number of halogens is 1. The first kappa shape index (κ1) is 32.6. The van der Waals surface area contributed by atoms with Gasteiger partial charge in [-0.05, 0) is 45.1 Å². The fraction of sp³-hybridized carbons (Fsp3) is 0.419. The summed E-state index contributed by atoms with van der Waals surface area (Å²) < 4.78 is 54.8. The molecule has 47 heavy (non-hydrogen) atoms. The zero-order valence-electron chi connectivity index (χ0n) is 25.9. The number of aliphatic hydroxyl groups excluding tert-OH is 1. The van der Waals surface area contributed by atoms with Gasteiger partial charge in [-0.15, -0.1) is 6.42 Å². The van der Waals surface area contributed by atoms with Crippen molar-refractivity contribution in [2.24, 2.45) is 0 Å². The van der Waals surface area contributed by atoms with Crippen LogP contribution in [0.1, 0.15) is 39.8 Å². The van der Waals surface area contributed by atoms with E-state index in [4.69, 9.17) is 30.7 Å². The Morgan fingerprint density at radius 2 is 2.00 bits per heavy atom. The summed E-state index contributed by atoms with van der Waals surface area (Å²) in [5.74, 6) is 1.77. The summed E-state index contributed by atoms with van der Waals surface area (Å²) in [6.07, 6.45) is 3.32. The Labute approximate surface area is 269 Å². The number of carbonyl (C=O) groups is 1. The topological polar surface area (TPSA) is 185 Å². The zero-order chi connectivity index (χ0) is 33.5. The van der Waals surface area contributed by atoms with Crippen LogP contribution in [-0.4, -0.2) is 73.3 Å². The van der Waals surface area contributed by atoms with Gasteiger partial charge >= 0.3 is 13.7 Å². The van der Waals surface area contributed by atoms with Crippen molar-refractivity contribution in [2.75, 3.05) is 17.7 Å². The molecule has 0 unspecified atom stereocenters. The highest BCUT2D eigenvalue weighted by Gasteiger charge is 2.58. The Bertz CT molecular complexity index is 1890. The molecule has 0 bridgehead atoms. The summed E-state index contributed by atoms with van der Waals surface area (Å²) in [6.45, 7) is 4.11. The summed E-state index contributed by atoms with van der Waals surface area (Å²) in [7, 11) is -4.45. The summed E-state index contributed by atoms with van der Waals surface area (Å²) in [4.78, 5) is 25.4. The molecule has 1 aliphatic carbocycles. The first-order valence-corrected chi connectivity index (χ1v) is 16.6. The van der Waals surface area contributed by atoms with Gasteiger partial charge in [-0.3, -0.25) is 13.9 Å². The van der Waals surface area contributed by atoms with Crippen LogP contribution in [0.2, 0.25) is 0 Å². The molecule has 2 aromatic heterocycles. The van der Waals surface area contributed by atoms with Crippen LogP contribution >= 0.6 is 7.75 Å². The first-order valence-electron chi connectivity index (χ1n) is 15.1. The Kier molecular flexibility index (Phi) is 8.82. The molecule has 1 saturated carbocycles. The molecular weight excluding hydrogens is 632 g/mol. The lowest BCUT2D eigenvalue weighted by Gasteiger charge is -2.25. The number of nitrogens with zero attached hydrogens (tertiary/aromatic N) is 4. The number of carbonyl (C=O) groups excluding carboxylic acids is 1. The average molecular weight is 668 g/mol. The van der Waals surface area contributed by atoms with Gasteiger partial charge < -0.3 is 30.2 Å². The third-order valence-corrected chi connectivity index (χ3v) is 9.34. The molecule has 16 heteroatoms. The molecule has 2 fully saturated rings. The maximum atomic E-state index is 16.5. The maximum Gasteiger partial charge on any atom is 0.459 e. The highest BCUT2D eigenvalue weighted by Crippen LogP contribution is 2.49. The molecule has 1 aliphatic heterocycles. The molecule has 2 aromatic carbocycles. The number of hydrogen-bond acceptors (Lipinski definition) is 12. The van der Waals surface area contributed by atoms with Crippen molar-refractivity contribution >= 4 is 47.4 Å².